The van der Waals surface area contributed by atoms with Gasteiger partial charge in [0, 0.05) is 45.6 Å². The maximum absolute atomic E-state index is 12.7. The van der Waals surface area contributed by atoms with E-state index in [4.69, 9.17) is 8.97 Å². The third kappa shape index (κ3) is 8.88. The fourth-order valence-corrected chi connectivity index (χ4v) is 7.78. The molecule has 0 aromatic heterocycles. The number of hydrogen-bond donors (Lipinski definition) is 3. The fraction of sp³-hybridized carbons (Fsp3) is 0.167. The highest BCUT2D eigenvalue weighted by molar-refractivity contribution is 7.91. The van der Waals surface area contributed by atoms with Gasteiger partial charge in [-0.05, 0) is 42.5 Å². The normalized spacial score (nSPS) is 13.5. The Morgan fingerprint density at radius 2 is 1.51 bits per heavy atom. The van der Waals surface area contributed by atoms with Crippen LogP contribution < -0.4 is 15.2 Å². The summed E-state index contributed by atoms with van der Waals surface area (Å²) in [5.41, 5.74) is 1.89. The summed E-state index contributed by atoms with van der Waals surface area (Å²) in [5, 5.41) is 4.00. The molecule has 0 spiro atoms. The lowest BCUT2D eigenvalue weighted by Gasteiger charge is -2.19. The zero-order chi connectivity index (χ0) is 35.8. The van der Waals surface area contributed by atoms with E-state index in [0.29, 0.717) is 33.2 Å². The zero-order valence-electron chi connectivity index (χ0n) is 25.4. The Kier molecular flexibility index (Phi) is 10.0. The van der Waals surface area contributed by atoms with Crippen molar-refractivity contribution in [1.29, 1.82) is 0 Å². The van der Waals surface area contributed by atoms with Crippen LogP contribution in [-0.4, -0.2) is 79.0 Å². The average Bonchev–Trinajstić information content (AvgIpc) is 3.01. The summed E-state index contributed by atoms with van der Waals surface area (Å²) in [7, 11) is -16.4. The van der Waals surface area contributed by atoms with Crippen LogP contribution >= 0.6 is 0 Å². The van der Waals surface area contributed by atoms with Gasteiger partial charge in [-0.2, -0.15) is 16.8 Å². The maximum atomic E-state index is 12.7. The first kappa shape index (κ1) is 36.1. The van der Waals surface area contributed by atoms with E-state index in [0.717, 1.165) is 0 Å². The van der Waals surface area contributed by atoms with E-state index in [2.05, 4.69) is 9.50 Å². The topological polar surface area (TPSA) is 237 Å². The lowest BCUT2D eigenvalue weighted by atomic mass is 9.93. The number of benzene rings is 4. The largest absolute Gasteiger partial charge is 0.744 e. The minimum absolute atomic E-state index is 0.0571. The molecule has 5 rings (SSSR count). The van der Waals surface area contributed by atoms with Gasteiger partial charge >= 0.3 is 10.4 Å². The molecule has 260 valence electrons. The second-order valence-electron chi connectivity index (χ2n) is 10.7. The van der Waals surface area contributed by atoms with Gasteiger partial charge in [-0.1, -0.05) is 24.3 Å². The standard InChI is InChI=1S/C30H28N2O13S4/c1-32(13-15-47(35,36)37)22-10-12-25-28(19-22)45-27-18-21(9-11-24(27)30(25)26-7-2-3-8-29(26)48(38,39)40)31-20-5-4-6-23(17-20)46(33,34)16-14-44-49(41,42)43/h2-12,17-19H,13-16H2,1H3,(H3,35,36,37,38,39,40,41,42,43). The Hall–Kier alpha value is -4.21. The first-order chi connectivity index (χ1) is 22.8. The summed E-state index contributed by atoms with van der Waals surface area (Å²) in [6.45, 7) is -0.853. The molecule has 0 amide bonds. The van der Waals surface area contributed by atoms with Crippen LogP contribution in [0.25, 0.3) is 33.4 Å². The highest BCUT2D eigenvalue weighted by Crippen LogP contribution is 2.42. The van der Waals surface area contributed by atoms with Crippen molar-refractivity contribution >= 4 is 62.8 Å². The second-order valence-corrected chi connectivity index (χ2v) is 16.9. The molecule has 0 atom stereocenters. The summed E-state index contributed by atoms with van der Waals surface area (Å²) in [4.78, 5) is -0.614. The number of hydrogen-bond acceptors (Lipinski definition) is 12. The monoisotopic (exact) mass is 752 g/mol. The van der Waals surface area contributed by atoms with Gasteiger partial charge < -0.3 is 14.3 Å². The molecule has 2 aliphatic rings. The van der Waals surface area contributed by atoms with E-state index >= 15 is 0 Å². The number of anilines is 2. The summed E-state index contributed by atoms with van der Waals surface area (Å²) in [6, 6.07) is 21.0. The minimum Gasteiger partial charge on any atom is -0.744 e. The van der Waals surface area contributed by atoms with Gasteiger partial charge in [0.05, 0.1) is 28.2 Å². The molecule has 19 heteroatoms. The van der Waals surface area contributed by atoms with E-state index in [1.165, 1.54) is 36.4 Å². The van der Waals surface area contributed by atoms with Gasteiger partial charge in [0.15, 0.2) is 16.4 Å². The number of nitrogens with zero attached hydrogens (tertiary/aromatic N) is 1. The smallest absolute Gasteiger partial charge is 0.397 e. The molecule has 0 radical (unpaired) electrons. The lowest BCUT2D eigenvalue weighted by Crippen LogP contribution is -2.30. The third-order valence-electron chi connectivity index (χ3n) is 7.32. The first-order valence-corrected chi connectivity index (χ1v) is 20.1. The maximum Gasteiger partial charge on any atom is 0.397 e. The second kappa shape index (κ2) is 13.6. The van der Waals surface area contributed by atoms with Crippen LogP contribution in [0.2, 0.25) is 0 Å². The predicted molar refractivity (Wildman–Crippen MR) is 178 cm³/mol. The van der Waals surface area contributed by atoms with Crippen LogP contribution in [0.5, 0.6) is 0 Å². The molecule has 1 aliphatic carbocycles. The third-order valence-corrected chi connectivity index (χ3v) is 11.1. The Bertz CT molecular complexity index is 2560. The van der Waals surface area contributed by atoms with Gasteiger partial charge in [0.25, 0.3) is 10.1 Å². The van der Waals surface area contributed by atoms with Crippen molar-refractivity contribution < 1.29 is 55.9 Å². The van der Waals surface area contributed by atoms with Gasteiger partial charge in [-0.25, -0.2) is 25.6 Å². The van der Waals surface area contributed by atoms with Crippen molar-refractivity contribution in [3.05, 3.63) is 90.3 Å². The van der Waals surface area contributed by atoms with Crippen molar-refractivity contribution in [2.75, 3.05) is 37.0 Å². The lowest BCUT2D eigenvalue weighted by molar-refractivity contribution is 0.284. The highest BCUT2D eigenvalue weighted by Gasteiger charge is 2.23. The van der Waals surface area contributed by atoms with E-state index in [1.54, 1.807) is 60.2 Å². The summed E-state index contributed by atoms with van der Waals surface area (Å²) < 4.78 is 136. The van der Waals surface area contributed by atoms with Crippen molar-refractivity contribution in [3.8, 4) is 22.5 Å². The van der Waals surface area contributed by atoms with Gasteiger partial charge in [-0.15, -0.1) is 0 Å². The molecule has 15 nitrogen and oxygen atoms in total. The molecular formula is C30H28N2O13S4. The van der Waals surface area contributed by atoms with E-state index in [1.807, 2.05) is 0 Å². The van der Waals surface area contributed by atoms with E-state index in [9.17, 15) is 42.8 Å². The Morgan fingerprint density at radius 3 is 2.20 bits per heavy atom. The predicted octanol–water partition coefficient (Wildman–Crippen LogP) is 2.74. The van der Waals surface area contributed by atoms with E-state index < -0.39 is 63.5 Å². The van der Waals surface area contributed by atoms with Crippen LogP contribution in [0.4, 0.5) is 11.4 Å². The van der Waals surface area contributed by atoms with Crippen molar-refractivity contribution in [3.63, 3.8) is 0 Å². The van der Waals surface area contributed by atoms with Crippen LogP contribution in [-0.2, 0) is 44.7 Å². The molecule has 0 bridgehead atoms. The zero-order valence-corrected chi connectivity index (χ0v) is 28.6. The Balaban J connectivity index is 1.63. The van der Waals surface area contributed by atoms with Crippen molar-refractivity contribution in [2.45, 2.75) is 9.79 Å². The van der Waals surface area contributed by atoms with E-state index in [-0.39, 0.29) is 28.3 Å². The molecule has 3 N–H and O–H groups in total. The molecule has 1 heterocycles. The average molecular weight is 753 g/mol. The molecule has 0 unspecified atom stereocenters. The van der Waals surface area contributed by atoms with Crippen LogP contribution in [0.3, 0.4) is 0 Å². The minimum atomic E-state index is -4.92. The number of nitrogens with one attached hydrogen (secondary N) is 1. The van der Waals surface area contributed by atoms with Crippen LogP contribution in [0, 0.1) is 0 Å². The molecule has 0 saturated heterocycles. The molecule has 0 saturated carbocycles. The summed E-state index contributed by atoms with van der Waals surface area (Å²) >= 11 is 0. The SMILES string of the molecule is C[N+](CCS(=O)(=O)O)=c1ccc2c(-c3ccccc3S(=O)(=O)[O-])c3ccc(Nc4cccc(S(=O)(=O)CCOS(=O)(=O)O)c4)cc3oc-2c1. The van der Waals surface area contributed by atoms with Gasteiger partial charge in [0.2, 0.25) is 5.36 Å². The van der Waals surface area contributed by atoms with Gasteiger partial charge in [0.1, 0.15) is 34.3 Å². The number of sulfone groups is 1. The summed E-state index contributed by atoms with van der Waals surface area (Å²) in [5.74, 6) is -1.02. The molecule has 3 aromatic rings. The first-order valence-electron chi connectivity index (χ1n) is 14.1. The van der Waals surface area contributed by atoms with Crippen LogP contribution in [0.1, 0.15) is 0 Å². The van der Waals surface area contributed by atoms with Crippen molar-refractivity contribution in [2.24, 2.45) is 0 Å². The molecule has 1 aliphatic heterocycles. The Morgan fingerprint density at radius 1 is 0.796 bits per heavy atom. The van der Waals surface area contributed by atoms with Crippen molar-refractivity contribution in [1.82, 2.24) is 4.58 Å². The highest BCUT2D eigenvalue weighted by atomic mass is 32.3. The number of rotatable bonds is 12. The van der Waals surface area contributed by atoms with Gasteiger partial charge in [-0.3, -0.25) is 9.11 Å². The summed E-state index contributed by atoms with van der Waals surface area (Å²) in [6.07, 6.45) is 0. The fourth-order valence-electron chi connectivity index (χ4n) is 5.06. The Labute approximate surface area is 281 Å². The quantitative estimate of drug-likeness (QED) is 0.0944. The molecule has 49 heavy (non-hydrogen) atoms. The van der Waals surface area contributed by atoms with Crippen LogP contribution in [0.15, 0.2) is 99.1 Å². The number of fused-ring (bicyclic) bond motifs is 2. The molecular weight excluding hydrogens is 725 g/mol. The molecule has 0 fully saturated rings. The molecule has 3 aromatic carbocycles.